The number of carbonyl (C=O) groups is 2. The molecule has 0 unspecified atom stereocenters. The zero-order valence-corrected chi connectivity index (χ0v) is 11.2. The summed E-state index contributed by atoms with van der Waals surface area (Å²) in [4.78, 5) is 25.4. The lowest BCUT2D eigenvalue weighted by Crippen LogP contribution is -2.41. The summed E-state index contributed by atoms with van der Waals surface area (Å²) >= 11 is 0. The van der Waals surface area contributed by atoms with Crippen LogP contribution in [0.1, 0.15) is 30.1 Å². The Morgan fingerprint density at radius 3 is 2.74 bits per heavy atom. The first-order valence-electron chi connectivity index (χ1n) is 6.67. The van der Waals surface area contributed by atoms with E-state index >= 15 is 0 Å². The van der Waals surface area contributed by atoms with E-state index in [4.69, 9.17) is 4.74 Å². The number of piperidine rings is 1. The standard InChI is InChI=1S/C15H19NO3/c1-12-6-5-9-16(10-12)14(17)11-19-15(18)13-7-3-2-4-8-13/h2-4,7-8,12H,5-6,9-11H2,1H3/t12-/m1/s1. The van der Waals surface area contributed by atoms with Gasteiger partial charge in [0.15, 0.2) is 6.61 Å². The van der Waals surface area contributed by atoms with Crippen LogP contribution in [0.25, 0.3) is 0 Å². The molecule has 0 saturated carbocycles. The topological polar surface area (TPSA) is 46.6 Å². The van der Waals surface area contributed by atoms with Crippen molar-refractivity contribution < 1.29 is 14.3 Å². The zero-order chi connectivity index (χ0) is 13.7. The summed E-state index contributed by atoms with van der Waals surface area (Å²) in [6, 6.07) is 8.72. The second kappa shape index (κ2) is 6.36. The van der Waals surface area contributed by atoms with E-state index in [1.165, 1.54) is 0 Å². The molecule has 0 radical (unpaired) electrons. The van der Waals surface area contributed by atoms with Crippen LogP contribution in [0.5, 0.6) is 0 Å². The highest BCUT2D eigenvalue weighted by molar-refractivity contribution is 5.91. The Morgan fingerprint density at radius 2 is 2.05 bits per heavy atom. The minimum atomic E-state index is -0.445. The maximum absolute atomic E-state index is 11.9. The lowest BCUT2D eigenvalue weighted by molar-refractivity contribution is -0.136. The van der Waals surface area contributed by atoms with Gasteiger partial charge < -0.3 is 9.64 Å². The number of likely N-dealkylation sites (tertiary alicyclic amines) is 1. The summed E-state index contributed by atoms with van der Waals surface area (Å²) in [6.45, 7) is 3.50. The summed E-state index contributed by atoms with van der Waals surface area (Å²) in [5, 5.41) is 0. The van der Waals surface area contributed by atoms with Gasteiger partial charge in [0.05, 0.1) is 5.56 Å². The van der Waals surface area contributed by atoms with Gasteiger partial charge in [0, 0.05) is 13.1 Å². The van der Waals surface area contributed by atoms with E-state index in [-0.39, 0.29) is 12.5 Å². The normalized spacial score (nSPS) is 19.0. The van der Waals surface area contributed by atoms with E-state index in [1.807, 2.05) is 6.07 Å². The Morgan fingerprint density at radius 1 is 1.32 bits per heavy atom. The van der Waals surface area contributed by atoms with Gasteiger partial charge in [-0.25, -0.2) is 4.79 Å². The summed E-state index contributed by atoms with van der Waals surface area (Å²) in [6.07, 6.45) is 2.19. The molecule has 1 aliphatic heterocycles. The van der Waals surface area contributed by atoms with Gasteiger partial charge in [0.1, 0.15) is 0 Å². The van der Waals surface area contributed by atoms with E-state index in [0.29, 0.717) is 11.5 Å². The van der Waals surface area contributed by atoms with Crippen LogP contribution in [-0.2, 0) is 9.53 Å². The highest BCUT2D eigenvalue weighted by atomic mass is 16.5. The van der Waals surface area contributed by atoms with Crippen LogP contribution >= 0.6 is 0 Å². The molecule has 2 rings (SSSR count). The van der Waals surface area contributed by atoms with Gasteiger partial charge in [0.2, 0.25) is 0 Å². The Bertz CT molecular complexity index is 444. The fourth-order valence-corrected chi connectivity index (χ4v) is 2.29. The van der Waals surface area contributed by atoms with Crippen molar-refractivity contribution in [3.63, 3.8) is 0 Å². The maximum atomic E-state index is 11.9. The summed E-state index contributed by atoms with van der Waals surface area (Å²) in [5.74, 6) is -0.0163. The van der Waals surface area contributed by atoms with Gasteiger partial charge in [-0.3, -0.25) is 4.79 Å². The molecule has 0 bridgehead atoms. The Labute approximate surface area is 113 Å². The van der Waals surface area contributed by atoms with Crippen LogP contribution in [0.3, 0.4) is 0 Å². The first-order chi connectivity index (χ1) is 9.16. The van der Waals surface area contributed by atoms with Gasteiger partial charge in [-0.1, -0.05) is 25.1 Å². The van der Waals surface area contributed by atoms with E-state index in [1.54, 1.807) is 29.2 Å². The fraction of sp³-hybridized carbons (Fsp3) is 0.467. The third-order valence-corrected chi connectivity index (χ3v) is 3.35. The van der Waals surface area contributed by atoms with Crippen LogP contribution in [0.15, 0.2) is 30.3 Å². The smallest absolute Gasteiger partial charge is 0.338 e. The fourth-order valence-electron chi connectivity index (χ4n) is 2.29. The second-order valence-electron chi connectivity index (χ2n) is 5.03. The molecule has 4 nitrogen and oxygen atoms in total. The highest BCUT2D eigenvalue weighted by Crippen LogP contribution is 2.15. The number of amides is 1. The van der Waals surface area contributed by atoms with Crippen LogP contribution in [0, 0.1) is 5.92 Å². The van der Waals surface area contributed by atoms with E-state index in [2.05, 4.69) is 6.92 Å². The minimum absolute atomic E-state index is 0.101. The van der Waals surface area contributed by atoms with Crippen molar-refractivity contribution in [1.29, 1.82) is 0 Å². The summed E-state index contributed by atoms with van der Waals surface area (Å²) < 4.78 is 5.05. The molecule has 19 heavy (non-hydrogen) atoms. The highest BCUT2D eigenvalue weighted by Gasteiger charge is 2.21. The quantitative estimate of drug-likeness (QED) is 0.783. The number of carbonyl (C=O) groups excluding carboxylic acids is 2. The number of ether oxygens (including phenoxy) is 1. The average Bonchev–Trinajstić information content (AvgIpc) is 2.45. The van der Waals surface area contributed by atoms with E-state index in [9.17, 15) is 9.59 Å². The third kappa shape index (κ3) is 3.81. The summed E-state index contributed by atoms with van der Waals surface area (Å²) in [5.41, 5.74) is 0.474. The number of esters is 1. The van der Waals surface area contributed by atoms with Crippen molar-refractivity contribution in [3.05, 3.63) is 35.9 Å². The van der Waals surface area contributed by atoms with Crippen LogP contribution in [0.2, 0.25) is 0 Å². The van der Waals surface area contributed by atoms with Crippen LogP contribution in [-0.4, -0.2) is 36.5 Å². The molecule has 1 aliphatic rings. The lowest BCUT2D eigenvalue weighted by Gasteiger charge is -2.30. The maximum Gasteiger partial charge on any atom is 0.338 e. The van der Waals surface area contributed by atoms with Gasteiger partial charge in [0.25, 0.3) is 5.91 Å². The SMILES string of the molecule is C[C@@H]1CCCN(C(=O)COC(=O)c2ccccc2)C1. The number of nitrogens with zero attached hydrogens (tertiary/aromatic N) is 1. The largest absolute Gasteiger partial charge is 0.452 e. The first kappa shape index (κ1) is 13.6. The molecular weight excluding hydrogens is 242 g/mol. The van der Waals surface area contributed by atoms with Crippen LogP contribution < -0.4 is 0 Å². The molecule has 0 N–H and O–H groups in total. The van der Waals surface area contributed by atoms with E-state index < -0.39 is 5.97 Å². The minimum Gasteiger partial charge on any atom is -0.452 e. The zero-order valence-electron chi connectivity index (χ0n) is 11.2. The van der Waals surface area contributed by atoms with Crippen molar-refractivity contribution in [2.45, 2.75) is 19.8 Å². The van der Waals surface area contributed by atoms with Crippen molar-refractivity contribution >= 4 is 11.9 Å². The van der Waals surface area contributed by atoms with Crippen molar-refractivity contribution in [3.8, 4) is 0 Å². The summed E-state index contributed by atoms with van der Waals surface area (Å²) in [7, 11) is 0. The van der Waals surface area contributed by atoms with Gasteiger partial charge in [-0.2, -0.15) is 0 Å². The van der Waals surface area contributed by atoms with Crippen molar-refractivity contribution in [2.75, 3.05) is 19.7 Å². The molecule has 1 heterocycles. The molecular formula is C15H19NO3. The number of hydrogen-bond donors (Lipinski definition) is 0. The molecule has 0 aromatic heterocycles. The van der Waals surface area contributed by atoms with E-state index in [0.717, 1.165) is 25.9 Å². The molecule has 0 aliphatic carbocycles. The molecule has 102 valence electrons. The van der Waals surface area contributed by atoms with Crippen LogP contribution in [0.4, 0.5) is 0 Å². The predicted octanol–water partition coefficient (Wildman–Crippen LogP) is 2.10. The average molecular weight is 261 g/mol. The molecule has 1 aromatic rings. The molecule has 0 spiro atoms. The Hall–Kier alpha value is -1.84. The van der Waals surface area contributed by atoms with Gasteiger partial charge in [-0.15, -0.1) is 0 Å². The number of rotatable bonds is 3. The number of hydrogen-bond acceptors (Lipinski definition) is 3. The molecule has 1 aromatic carbocycles. The molecule has 1 amide bonds. The Balaban J connectivity index is 1.82. The number of benzene rings is 1. The Kier molecular flexibility index (Phi) is 4.55. The second-order valence-corrected chi connectivity index (χ2v) is 5.03. The van der Waals surface area contributed by atoms with Gasteiger partial charge >= 0.3 is 5.97 Å². The molecule has 1 fully saturated rings. The lowest BCUT2D eigenvalue weighted by atomic mass is 10.0. The first-order valence-corrected chi connectivity index (χ1v) is 6.67. The third-order valence-electron chi connectivity index (χ3n) is 3.35. The predicted molar refractivity (Wildman–Crippen MR) is 71.7 cm³/mol. The molecule has 1 saturated heterocycles. The molecule has 4 heteroatoms. The molecule has 1 atom stereocenters. The van der Waals surface area contributed by atoms with Crippen molar-refractivity contribution in [2.24, 2.45) is 5.92 Å². The monoisotopic (exact) mass is 261 g/mol. The van der Waals surface area contributed by atoms with Crippen molar-refractivity contribution in [1.82, 2.24) is 4.90 Å². The van der Waals surface area contributed by atoms with Gasteiger partial charge in [-0.05, 0) is 30.9 Å².